The molecule has 0 bridgehead atoms. The van der Waals surface area contributed by atoms with Crippen LogP contribution in [0.2, 0.25) is 0 Å². The van der Waals surface area contributed by atoms with Gasteiger partial charge in [0.2, 0.25) is 0 Å². The first-order valence-electron chi connectivity index (χ1n) is 7.71. The number of hydrogen-bond acceptors (Lipinski definition) is 4. The molecule has 0 saturated carbocycles. The Morgan fingerprint density at radius 3 is 2.88 bits per heavy atom. The lowest BCUT2D eigenvalue weighted by atomic mass is 10.1. The fourth-order valence-electron chi connectivity index (χ4n) is 2.40. The van der Waals surface area contributed by atoms with E-state index in [2.05, 4.69) is 22.3 Å². The topological polar surface area (TPSA) is 59.8 Å². The Morgan fingerprint density at radius 1 is 1.21 bits per heavy atom. The van der Waals surface area contributed by atoms with Crippen LogP contribution in [0.3, 0.4) is 0 Å². The fraction of sp³-hybridized carbons (Fsp3) is 0.167. The number of hydrogen-bond donors (Lipinski definition) is 1. The molecule has 3 aromatic rings. The van der Waals surface area contributed by atoms with Crippen LogP contribution in [0.4, 0.5) is 5.69 Å². The van der Waals surface area contributed by atoms with E-state index < -0.39 is 0 Å². The summed E-state index contributed by atoms with van der Waals surface area (Å²) in [4.78, 5) is 17.8. The van der Waals surface area contributed by atoms with Crippen molar-refractivity contribution in [3.05, 3.63) is 72.3 Å². The van der Waals surface area contributed by atoms with E-state index in [1.54, 1.807) is 22.8 Å². The van der Waals surface area contributed by atoms with Crippen LogP contribution in [0, 0.1) is 0 Å². The van der Waals surface area contributed by atoms with Crippen LogP contribution in [0.1, 0.15) is 22.8 Å². The summed E-state index contributed by atoms with van der Waals surface area (Å²) >= 11 is 1.75. The minimum absolute atomic E-state index is 0.121. The van der Waals surface area contributed by atoms with E-state index in [9.17, 15) is 4.79 Å². The zero-order chi connectivity index (χ0) is 16.8. The number of nitrogens with one attached hydrogen (secondary N) is 1. The summed E-state index contributed by atoms with van der Waals surface area (Å²) in [5.41, 5.74) is 2.34. The van der Waals surface area contributed by atoms with Crippen molar-refractivity contribution >= 4 is 23.4 Å². The average molecular weight is 338 g/mol. The van der Waals surface area contributed by atoms with E-state index in [-0.39, 0.29) is 5.91 Å². The maximum absolute atomic E-state index is 12.7. The summed E-state index contributed by atoms with van der Waals surface area (Å²) in [7, 11) is 0. The second-order valence-corrected chi connectivity index (χ2v) is 6.50. The van der Waals surface area contributed by atoms with Gasteiger partial charge in [-0.25, -0.2) is 9.67 Å². The van der Waals surface area contributed by atoms with Gasteiger partial charge in [0.1, 0.15) is 12.7 Å². The maximum Gasteiger partial charge on any atom is 0.256 e. The molecule has 0 spiro atoms. The van der Waals surface area contributed by atoms with E-state index in [0.29, 0.717) is 12.1 Å². The summed E-state index contributed by atoms with van der Waals surface area (Å²) in [5.74, 6) is 0.877. The number of carbonyl (C=O) groups excluding carboxylic acids is 1. The summed E-state index contributed by atoms with van der Waals surface area (Å²) in [5, 5.41) is 7.08. The summed E-state index contributed by atoms with van der Waals surface area (Å²) in [6, 6.07) is 15.4. The third-order valence-corrected chi connectivity index (χ3v) is 4.34. The Bertz CT molecular complexity index is 817. The van der Waals surface area contributed by atoms with E-state index in [1.807, 2.05) is 48.5 Å². The first-order chi connectivity index (χ1) is 11.8. The number of aromatic nitrogens is 3. The molecule has 122 valence electrons. The van der Waals surface area contributed by atoms with E-state index in [1.165, 1.54) is 6.33 Å². The monoisotopic (exact) mass is 338 g/mol. The van der Waals surface area contributed by atoms with Crippen LogP contribution in [-0.4, -0.2) is 26.4 Å². The van der Waals surface area contributed by atoms with Gasteiger partial charge in [0.25, 0.3) is 5.91 Å². The minimum Gasteiger partial charge on any atom is -0.322 e. The Labute approximate surface area is 145 Å². The highest BCUT2D eigenvalue weighted by molar-refractivity contribution is 7.99. The van der Waals surface area contributed by atoms with Gasteiger partial charge in [-0.05, 0) is 35.6 Å². The zero-order valence-electron chi connectivity index (χ0n) is 13.3. The van der Waals surface area contributed by atoms with Crippen molar-refractivity contribution in [2.75, 3.05) is 11.1 Å². The molecule has 0 saturated heterocycles. The lowest BCUT2D eigenvalue weighted by Crippen LogP contribution is -2.15. The number of thioether (sulfide) groups is 1. The van der Waals surface area contributed by atoms with Crippen molar-refractivity contribution in [2.45, 2.75) is 18.4 Å². The fourth-order valence-corrected chi connectivity index (χ4v) is 3.12. The number of amides is 1. The molecule has 2 aromatic carbocycles. The minimum atomic E-state index is -0.121. The molecule has 1 N–H and O–H groups in total. The van der Waals surface area contributed by atoms with Gasteiger partial charge in [-0.3, -0.25) is 4.79 Å². The first-order valence-corrected chi connectivity index (χ1v) is 8.69. The van der Waals surface area contributed by atoms with Gasteiger partial charge in [-0.15, -0.1) is 11.8 Å². The standard InChI is InChI=1S/C18H18N4OS/c1-2-24-16-8-5-7-15(10-16)21-18(23)17-9-4-3-6-14(17)11-22-13-19-12-20-22/h3-10,12-13H,2,11H2,1H3,(H,21,23). The molecule has 1 amide bonds. The molecule has 1 aromatic heterocycles. The number of rotatable bonds is 6. The summed E-state index contributed by atoms with van der Waals surface area (Å²) < 4.78 is 1.70. The Kier molecular flexibility index (Phi) is 5.28. The SMILES string of the molecule is CCSc1cccc(NC(=O)c2ccccc2Cn2cncn2)c1. The van der Waals surface area contributed by atoms with Crippen molar-refractivity contribution in [1.29, 1.82) is 0 Å². The third-order valence-electron chi connectivity index (χ3n) is 3.46. The molecule has 5 nitrogen and oxygen atoms in total. The van der Waals surface area contributed by atoms with Crippen molar-refractivity contribution in [2.24, 2.45) is 0 Å². The van der Waals surface area contributed by atoms with Crippen LogP contribution in [0.15, 0.2) is 66.1 Å². The smallest absolute Gasteiger partial charge is 0.256 e. The highest BCUT2D eigenvalue weighted by atomic mass is 32.2. The Hall–Kier alpha value is -2.60. The molecule has 0 radical (unpaired) electrons. The van der Waals surface area contributed by atoms with Crippen LogP contribution < -0.4 is 5.32 Å². The van der Waals surface area contributed by atoms with Gasteiger partial charge in [0.15, 0.2) is 0 Å². The maximum atomic E-state index is 12.7. The van der Waals surface area contributed by atoms with Crippen molar-refractivity contribution in [3.63, 3.8) is 0 Å². The van der Waals surface area contributed by atoms with Gasteiger partial charge in [0, 0.05) is 16.1 Å². The van der Waals surface area contributed by atoms with Gasteiger partial charge in [-0.2, -0.15) is 5.10 Å². The van der Waals surface area contributed by atoms with Gasteiger partial charge < -0.3 is 5.32 Å². The van der Waals surface area contributed by atoms with Gasteiger partial charge >= 0.3 is 0 Å². The molecule has 1 heterocycles. The normalized spacial score (nSPS) is 10.5. The highest BCUT2D eigenvalue weighted by Gasteiger charge is 2.12. The van der Waals surface area contributed by atoms with Crippen molar-refractivity contribution < 1.29 is 4.79 Å². The first kappa shape index (κ1) is 16.3. The molecule has 0 aliphatic heterocycles. The molecule has 24 heavy (non-hydrogen) atoms. The predicted molar refractivity (Wildman–Crippen MR) is 96.4 cm³/mol. The number of anilines is 1. The van der Waals surface area contributed by atoms with E-state index in [4.69, 9.17) is 0 Å². The van der Waals surface area contributed by atoms with Gasteiger partial charge in [-0.1, -0.05) is 31.2 Å². The Morgan fingerprint density at radius 2 is 2.08 bits per heavy atom. The quantitative estimate of drug-likeness (QED) is 0.696. The summed E-state index contributed by atoms with van der Waals surface area (Å²) in [6.07, 6.45) is 3.12. The number of benzene rings is 2. The second-order valence-electron chi connectivity index (χ2n) is 5.17. The second kappa shape index (κ2) is 7.79. The van der Waals surface area contributed by atoms with Crippen molar-refractivity contribution in [3.8, 4) is 0 Å². The molecule has 0 fully saturated rings. The van der Waals surface area contributed by atoms with Crippen LogP contribution in [0.5, 0.6) is 0 Å². The average Bonchev–Trinajstić information content (AvgIpc) is 3.09. The van der Waals surface area contributed by atoms with E-state index >= 15 is 0 Å². The number of carbonyl (C=O) groups is 1. The molecular weight excluding hydrogens is 320 g/mol. The molecule has 6 heteroatoms. The molecule has 0 aliphatic carbocycles. The Balaban J connectivity index is 1.79. The van der Waals surface area contributed by atoms with Crippen LogP contribution in [-0.2, 0) is 6.54 Å². The van der Waals surface area contributed by atoms with Gasteiger partial charge in [0.05, 0.1) is 6.54 Å². The third kappa shape index (κ3) is 4.02. The van der Waals surface area contributed by atoms with E-state index in [0.717, 1.165) is 21.9 Å². The largest absolute Gasteiger partial charge is 0.322 e. The molecule has 0 aliphatic rings. The van der Waals surface area contributed by atoms with Crippen molar-refractivity contribution in [1.82, 2.24) is 14.8 Å². The molecule has 0 atom stereocenters. The molecular formula is C18H18N4OS. The number of nitrogens with zero attached hydrogens (tertiary/aromatic N) is 3. The van der Waals surface area contributed by atoms with Crippen LogP contribution >= 0.6 is 11.8 Å². The lowest BCUT2D eigenvalue weighted by molar-refractivity contribution is 0.102. The zero-order valence-corrected chi connectivity index (χ0v) is 14.2. The lowest BCUT2D eigenvalue weighted by Gasteiger charge is -2.11. The van der Waals surface area contributed by atoms with Crippen LogP contribution in [0.25, 0.3) is 0 Å². The molecule has 0 unspecified atom stereocenters. The highest BCUT2D eigenvalue weighted by Crippen LogP contribution is 2.22. The molecule has 3 rings (SSSR count). The predicted octanol–water partition coefficient (Wildman–Crippen LogP) is 3.69. The summed E-state index contributed by atoms with van der Waals surface area (Å²) in [6.45, 7) is 2.62.